The van der Waals surface area contributed by atoms with Gasteiger partial charge in [-0.15, -0.1) is 0 Å². The molecule has 0 fully saturated rings. The summed E-state index contributed by atoms with van der Waals surface area (Å²) in [7, 11) is 0. The Balaban J connectivity index is 2.40. The van der Waals surface area contributed by atoms with Crippen LogP contribution in [0.1, 0.15) is 45.1 Å². The van der Waals surface area contributed by atoms with E-state index >= 15 is 0 Å². The summed E-state index contributed by atoms with van der Waals surface area (Å²) in [6, 6.07) is 9.84. The molecule has 2 heteroatoms. The Hall–Kier alpha value is -1.83. The second kappa shape index (κ2) is 9.98. The highest BCUT2D eigenvalue weighted by Gasteiger charge is 2.11. The first-order valence-electron chi connectivity index (χ1n) is 7.76. The third-order valence-electron chi connectivity index (χ3n) is 3.53. The summed E-state index contributed by atoms with van der Waals surface area (Å²) >= 11 is 0. The number of ether oxygens (including phenoxy) is 1. The highest BCUT2D eigenvalue weighted by Crippen LogP contribution is 2.14. The largest absolute Gasteiger partial charge is 0.462 e. The zero-order chi connectivity index (χ0) is 15.5. The molecule has 0 aliphatic heterocycles. The van der Waals surface area contributed by atoms with E-state index < -0.39 is 0 Å². The lowest BCUT2D eigenvalue weighted by Gasteiger charge is -2.14. The maximum absolute atomic E-state index is 11.9. The SMILES string of the molecule is C=C(C=Cc1ccccc1)C(=O)OCC(CC)CCCC. The van der Waals surface area contributed by atoms with Gasteiger partial charge in [0, 0.05) is 0 Å². The summed E-state index contributed by atoms with van der Waals surface area (Å²) in [5, 5.41) is 0. The topological polar surface area (TPSA) is 26.3 Å². The Morgan fingerprint density at radius 3 is 2.62 bits per heavy atom. The van der Waals surface area contributed by atoms with Crippen LogP contribution in [0.2, 0.25) is 0 Å². The van der Waals surface area contributed by atoms with Crippen molar-refractivity contribution < 1.29 is 9.53 Å². The van der Waals surface area contributed by atoms with Gasteiger partial charge in [0.25, 0.3) is 0 Å². The number of hydrogen-bond donors (Lipinski definition) is 0. The molecule has 1 rings (SSSR count). The van der Waals surface area contributed by atoms with Gasteiger partial charge in [-0.25, -0.2) is 4.79 Å². The molecule has 0 spiro atoms. The van der Waals surface area contributed by atoms with Crippen LogP contribution in [0.4, 0.5) is 0 Å². The number of rotatable bonds is 9. The number of esters is 1. The molecule has 1 aromatic carbocycles. The molecule has 0 saturated heterocycles. The van der Waals surface area contributed by atoms with E-state index in [4.69, 9.17) is 4.74 Å². The van der Waals surface area contributed by atoms with Gasteiger partial charge < -0.3 is 4.74 Å². The van der Waals surface area contributed by atoms with Crippen molar-refractivity contribution in [1.29, 1.82) is 0 Å². The fraction of sp³-hybridized carbons (Fsp3) is 0.421. The molecule has 114 valence electrons. The number of hydrogen-bond acceptors (Lipinski definition) is 2. The van der Waals surface area contributed by atoms with Gasteiger partial charge in [-0.2, -0.15) is 0 Å². The Kier molecular flexibility index (Phi) is 8.18. The highest BCUT2D eigenvalue weighted by molar-refractivity contribution is 5.92. The monoisotopic (exact) mass is 286 g/mol. The van der Waals surface area contributed by atoms with Crippen LogP contribution in [0.25, 0.3) is 6.08 Å². The van der Waals surface area contributed by atoms with E-state index in [1.54, 1.807) is 6.08 Å². The molecule has 1 aromatic rings. The molecule has 0 amide bonds. The Labute approximate surface area is 128 Å². The van der Waals surface area contributed by atoms with E-state index in [1.807, 2.05) is 36.4 Å². The lowest BCUT2D eigenvalue weighted by atomic mass is 10.0. The summed E-state index contributed by atoms with van der Waals surface area (Å²) in [6.45, 7) is 8.58. The van der Waals surface area contributed by atoms with Gasteiger partial charge >= 0.3 is 5.97 Å². The zero-order valence-electron chi connectivity index (χ0n) is 13.2. The number of benzene rings is 1. The summed E-state index contributed by atoms with van der Waals surface area (Å²) in [6.07, 6.45) is 8.11. The molecular formula is C19H26O2. The van der Waals surface area contributed by atoms with Gasteiger partial charge in [0.05, 0.1) is 12.2 Å². The number of carbonyl (C=O) groups is 1. The van der Waals surface area contributed by atoms with Crippen molar-refractivity contribution in [3.63, 3.8) is 0 Å². The van der Waals surface area contributed by atoms with Crippen LogP contribution in [0.15, 0.2) is 48.6 Å². The Morgan fingerprint density at radius 2 is 2.00 bits per heavy atom. The minimum absolute atomic E-state index is 0.322. The van der Waals surface area contributed by atoms with Crippen LogP contribution < -0.4 is 0 Å². The summed E-state index contributed by atoms with van der Waals surface area (Å²) < 4.78 is 5.35. The third kappa shape index (κ3) is 6.94. The molecule has 0 N–H and O–H groups in total. The molecule has 2 nitrogen and oxygen atoms in total. The van der Waals surface area contributed by atoms with Gasteiger partial charge in [0.1, 0.15) is 0 Å². The highest BCUT2D eigenvalue weighted by atomic mass is 16.5. The summed E-state index contributed by atoms with van der Waals surface area (Å²) in [5.74, 6) is 0.136. The van der Waals surface area contributed by atoms with Crippen LogP contribution >= 0.6 is 0 Å². The van der Waals surface area contributed by atoms with Crippen molar-refractivity contribution in [1.82, 2.24) is 0 Å². The second-order valence-electron chi connectivity index (χ2n) is 5.28. The van der Waals surface area contributed by atoms with E-state index in [-0.39, 0.29) is 5.97 Å². The van der Waals surface area contributed by atoms with Gasteiger partial charge in [0.15, 0.2) is 0 Å². The normalized spacial score (nSPS) is 12.3. The molecule has 1 unspecified atom stereocenters. The Bertz CT molecular complexity index is 460. The fourth-order valence-corrected chi connectivity index (χ4v) is 2.01. The lowest BCUT2D eigenvalue weighted by Crippen LogP contribution is -2.14. The minimum Gasteiger partial charge on any atom is -0.462 e. The van der Waals surface area contributed by atoms with Crippen molar-refractivity contribution in [3.8, 4) is 0 Å². The van der Waals surface area contributed by atoms with E-state index in [9.17, 15) is 4.79 Å². The van der Waals surface area contributed by atoms with Crippen molar-refractivity contribution >= 4 is 12.0 Å². The zero-order valence-corrected chi connectivity index (χ0v) is 13.2. The molecule has 0 bridgehead atoms. The van der Waals surface area contributed by atoms with Gasteiger partial charge in [-0.3, -0.25) is 0 Å². The van der Waals surface area contributed by atoms with Crippen molar-refractivity contribution in [2.75, 3.05) is 6.61 Å². The molecule has 0 aliphatic carbocycles. The lowest BCUT2D eigenvalue weighted by molar-refractivity contribution is -0.140. The molecule has 1 atom stereocenters. The molecule has 0 radical (unpaired) electrons. The Morgan fingerprint density at radius 1 is 1.29 bits per heavy atom. The first kappa shape index (κ1) is 17.2. The number of unbranched alkanes of at least 4 members (excludes halogenated alkanes) is 1. The average molecular weight is 286 g/mol. The predicted octanol–water partition coefficient (Wildman–Crippen LogP) is 5.02. The molecule has 0 heterocycles. The van der Waals surface area contributed by atoms with E-state index in [0.717, 1.165) is 18.4 Å². The van der Waals surface area contributed by atoms with Crippen LogP contribution in [0, 0.1) is 5.92 Å². The molecule has 0 saturated carbocycles. The van der Waals surface area contributed by atoms with Crippen LogP contribution in [-0.2, 0) is 9.53 Å². The first-order chi connectivity index (χ1) is 10.2. The molecular weight excluding hydrogens is 260 g/mol. The smallest absolute Gasteiger partial charge is 0.337 e. The maximum atomic E-state index is 11.9. The standard InChI is InChI=1S/C19H26O2/c1-4-6-10-17(5-2)15-21-19(20)16(3)13-14-18-11-8-7-9-12-18/h7-9,11-14,17H,3-6,10,15H2,1-2H3. The van der Waals surface area contributed by atoms with Crippen LogP contribution in [0.3, 0.4) is 0 Å². The molecule has 21 heavy (non-hydrogen) atoms. The van der Waals surface area contributed by atoms with Gasteiger partial charge in [-0.1, -0.05) is 76.1 Å². The summed E-state index contributed by atoms with van der Waals surface area (Å²) in [4.78, 5) is 11.9. The minimum atomic E-state index is -0.322. The third-order valence-corrected chi connectivity index (χ3v) is 3.53. The first-order valence-corrected chi connectivity index (χ1v) is 7.76. The van der Waals surface area contributed by atoms with Crippen molar-refractivity contribution in [3.05, 3.63) is 54.1 Å². The predicted molar refractivity (Wildman–Crippen MR) is 88.9 cm³/mol. The van der Waals surface area contributed by atoms with E-state index in [2.05, 4.69) is 20.4 Å². The number of carbonyl (C=O) groups excluding carboxylic acids is 1. The molecule has 0 aromatic heterocycles. The van der Waals surface area contributed by atoms with Crippen LogP contribution in [-0.4, -0.2) is 12.6 Å². The molecule has 0 aliphatic rings. The van der Waals surface area contributed by atoms with Crippen molar-refractivity contribution in [2.24, 2.45) is 5.92 Å². The van der Waals surface area contributed by atoms with Gasteiger partial charge in [-0.05, 0) is 24.0 Å². The van der Waals surface area contributed by atoms with E-state index in [1.165, 1.54) is 12.8 Å². The van der Waals surface area contributed by atoms with Crippen LogP contribution in [0.5, 0.6) is 0 Å². The average Bonchev–Trinajstić information content (AvgIpc) is 2.53. The summed E-state index contributed by atoms with van der Waals surface area (Å²) in [5.41, 5.74) is 1.44. The van der Waals surface area contributed by atoms with Gasteiger partial charge in [0.2, 0.25) is 0 Å². The van der Waals surface area contributed by atoms with E-state index in [0.29, 0.717) is 18.1 Å². The second-order valence-corrected chi connectivity index (χ2v) is 5.28. The van der Waals surface area contributed by atoms with Crippen molar-refractivity contribution in [2.45, 2.75) is 39.5 Å². The fourth-order valence-electron chi connectivity index (χ4n) is 2.01. The quantitative estimate of drug-likeness (QED) is 0.362. The maximum Gasteiger partial charge on any atom is 0.337 e.